The molecule has 0 aliphatic carbocycles. The van der Waals surface area contributed by atoms with Gasteiger partial charge in [0.1, 0.15) is 0 Å². The summed E-state index contributed by atoms with van der Waals surface area (Å²) in [5.41, 5.74) is 1.17. The lowest BCUT2D eigenvalue weighted by atomic mass is 10.3. The second-order valence-corrected chi connectivity index (χ2v) is 2.34. The first-order chi connectivity index (χ1) is 4.24. The van der Waals surface area contributed by atoms with E-state index in [1.165, 1.54) is 5.57 Å². The zero-order valence-electron chi connectivity index (χ0n) is 5.85. The lowest BCUT2D eigenvalue weighted by molar-refractivity contribution is -0.124. The molecule has 2 nitrogen and oxygen atoms in total. The number of rotatable bonds is 1. The summed E-state index contributed by atoms with van der Waals surface area (Å²) in [6.45, 7) is 5.62. The van der Waals surface area contributed by atoms with Crippen LogP contribution in [0.15, 0.2) is 11.6 Å². The van der Waals surface area contributed by atoms with Gasteiger partial charge in [-0.2, -0.15) is 0 Å². The van der Waals surface area contributed by atoms with Gasteiger partial charge < -0.3 is 4.90 Å². The molecule has 1 amide bonds. The molecule has 0 aromatic rings. The third-order valence-corrected chi connectivity index (χ3v) is 1.50. The Kier molecular flexibility index (Phi) is 1.56. The maximum atomic E-state index is 10.9. The van der Waals surface area contributed by atoms with Gasteiger partial charge in [-0.25, -0.2) is 0 Å². The van der Waals surface area contributed by atoms with Gasteiger partial charge in [0.05, 0.1) is 0 Å². The van der Waals surface area contributed by atoms with E-state index >= 15 is 0 Å². The number of carbonyl (C=O) groups is 1. The van der Waals surface area contributed by atoms with Gasteiger partial charge in [0.25, 0.3) is 0 Å². The summed E-state index contributed by atoms with van der Waals surface area (Å²) < 4.78 is 0. The molecule has 0 aromatic heterocycles. The van der Waals surface area contributed by atoms with Crippen molar-refractivity contribution in [1.82, 2.24) is 4.90 Å². The van der Waals surface area contributed by atoms with Gasteiger partial charge in [-0.3, -0.25) is 4.79 Å². The van der Waals surface area contributed by atoms with Crippen LogP contribution in [0, 0.1) is 0 Å². The molecule has 0 atom stereocenters. The monoisotopic (exact) mass is 125 g/mol. The molecule has 0 radical (unpaired) electrons. The van der Waals surface area contributed by atoms with Crippen LogP contribution in [0.2, 0.25) is 0 Å². The van der Waals surface area contributed by atoms with E-state index in [2.05, 4.69) is 0 Å². The Morgan fingerprint density at radius 3 is 2.67 bits per heavy atom. The molecule has 1 aliphatic heterocycles. The highest BCUT2D eigenvalue weighted by Crippen LogP contribution is 2.07. The van der Waals surface area contributed by atoms with Crippen LogP contribution in [-0.2, 0) is 4.79 Å². The molecule has 9 heavy (non-hydrogen) atoms. The van der Waals surface area contributed by atoms with Crippen LogP contribution in [0.25, 0.3) is 0 Å². The van der Waals surface area contributed by atoms with E-state index in [1.807, 2.05) is 18.7 Å². The fourth-order valence-corrected chi connectivity index (χ4v) is 0.994. The summed E-state index contributed by atoms with van der Waals surface area (Å²) in [6.07, 6.45) is 1.70. The summed E-state index contributed by atoms with van der Waals surface area (Å²) in [5.74, 6) is 0.162. The summed E-state index contributed by atoms with van der Waals surface area (Å²) in [6, 6.07) is 0. The van der Waals surface area contributed by atoms with Crippen LogP contribution in [-0.4, -0.2) is 23.9 Å². The van der Waals surface area contributed by atoms with Crippen LogP contribution >= 0.6 is 0 Å². The van der Waals surface area contributed by atoms with Crippen molar-refractivity contribution < 1.29 is 4.79 Å². The molecule has 50 valence electrons. The smallest absolute Gasteiger partial charge is 0.246 e. The standard InChI is InChI=1S/C7H11NO/c1-3-8-5-6(2)4-7(8)9/h4H,3,5H2,1-2H3. The highest BCUT2D eigenvalue weighted by molar-refractivity contribution is 5.90. The number of carbonyl (C=O) groups excluding carboxylic acids is 1. The summed E-state index contributed by atoms with van der Waals surface area (Å²) in [5, 5.41) is 0. The van der Waals surface area contributed by atoms with Crippen molar-refractivity contribution in [2.75, 3.05) is 13.1 Å². The predicted molar refractivity (Wildman–Crippen MR) is 36.0 cm³/mol. The van der Waals surface area contributed by atoms with E-state index in [-0.39, 0.29) is 5.91 Å². The van der Waals surface area contributed by atoms with E-state index in [0.717, 1.165) is 13.1 Å². The van der Waals surface area contributed by atoms with Gasteiger partial charge in [0.2, 0.25) is 5.91 Å². The SMILES string of the molecule is CCN1CC(C)=CC1=O. The third-order valence-electron chi connectivity index (χ3n) is 1.50. The second kappa shape index (κ2) is 2.21. The Labute approximate surface area is 55.2 Å². The Morgan fingerprint density at radius 2 is 2.44 bits per heavy atom. The normalized spacial score (nSPS) is 18.7. The number of nitrogens with zero attached hydrogens (tertiary/aromatic N) is 1. The maximum Gasteiger partial charge on any atom is 0.246 e. The highest BCUT2D eigenvalue weighted by Gasteiger charge is 2.15. The molecule has 0 fully saturated rings. The molecular formula is C7H11NO. The molecule has 0 N–H and O–H groups in total. The van der Waals surface area contributed by atoms with Crippen molar-refractivity contribution >= 4 is 5.91 Å². The van der Waals surface area contributed by atoms with Gasteiger partial charge in [0, 0.05) is 19.2 Å². The summed E-state index contributed by atoms with van der Waals surface area (Å²) in [4.78, 5) is 12.7. The zero-order chi connectivity index (χ0) is 6.85. The number of hydrogen-bond donors (Lipinski definition) is 0. The fourth-order valence-electron chi connectivity index (χ4n) is 0.994. The van der Waals surface area contributed by atoms with Crippen LogP contribution in [0.3, 0.4) is 0 Å². The minimum atomic E-state index is 0.162. The first-order valence-corrected chi connectivity index (χ1v) is 3.20. The number of likely N-dealkylation sites (N-methyl/N-ethyl adjacent to an activating group) is 1. The Balaban J connectivity index is 2.60. The van der Waals surface area contributed by atoms with Crippen molar-refractivity contribution in [3.8, 4) is 0 Å². The van der Waals surface area contributed by atoms with Crippen molar-refractivity contribution in [3.63, 3.8) is 0 Å². The van der Waals surface area contributed by atoms with E-state index in [1.54, 1.807) is 6.08 Å². The topological polar surface area (TPSA) is 20.3 Å². The fraction of sp³-hybridized carbons (Fsp3) is 0.571. The molecule has 0 saturated heterocycles. The van der Waals surface area contributed by atoms with Gasteiger partial charge >= 0.3 is 0 Å². The zero-order valence-corrected chi connectivity index (χ0v) is 5.85. The summed E-state index contributed by atoms with van der Waals surface area (Å²) in [7, 11) is 0. The molecular weight excluding hydrogens is 114 g/mol. The van der Waals surface area contributed by atoms with Crippen molar-refractivity contribution in [3.05, 3.63) is 11.6 Å². The highest BCUT2D eigenvalue weighted by atomic mass is 16.2. The minimum Gasteiger partial charge on any atom is -0.335 e. The van der Waals surface area contributed by atoms with E-state index in [9.17, 15) is 4.79 Å². The van der Waals surface area contributed by atoms with Crippen molar-refractivity contribution in [2.45, 2.75) is 13.8 Å². The third kappa shape index (κ3) is 1.12. The Bertz CT molecular complexity index is 160. The second-order valence-electron chi connectivity index (χ2n) is 2.34. The van der Waals surface area contributed by atoms with E-state index in [0.29, 0.717) is 0 Å². The number of hydrogen-bond acceptors (Lipinski definition) is 1. The quantitative estimate of drug-likeness (QED) is 0.507. The summed E-state index contributed by atoms with van der Waals surface area (Å²) >= 11 is 0. The molecule has 1 rings (SSSR count). The lowest BCUT2D eigenvalue weighted by Crippen LogP contribution is -2.24. The van der Waals surface area contributed by atoms with Crippen LogP contribution < -0.4 is 0 Å². The van der Waals surface area contributed by atoms with Crippen molar-refractivity contribution in [2.24, 2.45) is 0 Å². The average molecular weight is 125 g/mol. The van der Waals surface area contributed by atoms with Crippen LogP contribution in [0.1, 0.15) is 13.8 Å². The molecule has 0 spiro atoms. The van der Waals surface area contributed by atoms with Gasteiger partial charge in [-0.15, -0.1) is 0 Å². The maximum absolute atomic E-state index is 10.9. The first kappa shape index (κ1) is 6.33. The first-order valence-electron chi connectivity index (χ1n) is 3.20. The predicted octanol–water partition coefficient (Wildman–Crippen LogP) is 0.795. The average Bonchev–Trinajstić information content (AvgIpc) is 2.10. The molecule has 2 heteroatoms. The van der Waals surface area contributed by atoms with Crippen molar-refractivity contribution in [1.29, 1.82) is 0 Å². The van der Waals surface area contributed by atoms with E-state index < -0.39 is 0 Å². The minimum absolute atomic E-state index is 0.162. The van der Waals surface area contributed by atoms with Gasteiger partial charge in [-0.05, 0) is 19.4 Å². The Hall–Kier alpha value is -0.790. The largest absolute Gasteiger partial charge is 0.335 e. The van der Waals surface area contributed by atoms with Crippen LogP contribution in [0.4, 0.5) is 0 Å². The molecule has 1 heterocycles. The molecule has 0 saturated carbocycles. The van der Waals surface area contributed by atoms with E-state index in [4.69, 9.17) is 0 Å². The molecule has 0 unspecified atom stereocenters. The Morgan fingerprint density at radius 1 is 1.78 bits per heavy atom. The molecule has 0 bridgehead atoms. The number of amides is 1. The lowest BCUT2D eigenvalue weighted by Gasteiger charge is -2.11. The molecule has 0 aromatic carbocycles. The van der Waals surface area contributed by atoms with Gasteiger partial charge in [-0.1, -0.05) is 0 Å². The van der Waals surface area contributed by atoms with Gasteiger partial charge in [0.15, 0.2) is 0 Å². The molecule has 1 aliphatic rings. The van der Waals surface area contributed by atoms with Crippen LogP contribution in [0.5, 0.6) is 0 Å².